The molecule has 0 unspecified atom stereocenters. The maximum absolute atomic E-state index is 13.1. The third-order valence-electron chi connectivity index (χ3n) is 4.91. The summed E-state index contributed by atoms with van der Waals surface area (Å²) in [4.78, 5) is 33.5. The van der Waals surface area contributed by atoms with Crippen molar-refractivity contribution in [2.45, 2.75) is 20.3 Å². The highest BCUT2D eigenvalue weighted by atomic mass is 16.2. The predicted molar refractivity (Wildman–Crippen MR) is 110 cm³/mol. The van der Waals surface area contributed by atoms with Crippen molar-refractivity contribution in [3.63, 3.8) is 0 Å². The van der Waals surface area contributed by atoms with Crippen LogP contribution < -0.4 is 0 Å². The second-order valence-corrected chi connectivity index (χ2v) is 6.78. The average molecular weight is 375 g/mol. The van der Waals surface area contributed by atoms with Crippen molar-refractivity contribution in [3.8, 4) is 0 Å². The fourth-order valence-corrected chi connectivity index (χ4v) is 3.37. The van der Waals surface area contributed by atoms with Crippen LogP contribution in [0.25, 0.3) is 5.57 Å². The van der Waals surface area contributed by atoms with Gasteiger partial charge in [-0.15, -0.1) is 6.58 Å². The number of imide groups is 1. The quantitative estimate of drug-likeness (QED) is 0.525. The molecule has 1 aromatic heterocycles. The van der Waals surface area contributed by atoms with Gasteiger partial charge in [-0.3, -0.25) is 19.5 Å². The van der Waals surface area contributed by atoms with Gasteiger partial charge in [-0.2, -0.15) is 0 Å². The molecule has 0 radical (unpaired) electrons. The van der Waals surface area contributed by atoms with Gasteiger partial charge in [-0.1, -0.05) is 35.9 Å². The number of hydrogen-bond donors (Lipinski definition) is 0. The highest BCUT2D eigenvalue weighted by molar-refractivity contribution is 6.35. The van der Waals surface area contributed by atoms with E-state index in [2.05, 4.69) is 11.6 Å². The molecule has 28 heavy (non-hydrogen) atoms. The molecule has 0 N–H and O–H groups in total. The minimum Gasteiger partial charge on any atom is -0.366 e. The van der Waals surface area contributed by atoms with Crippen LogP contribution in [0.1, 0.15) is 23.6 Å². The molecule has 0 atom stereocenters. The average Bonchev–Trinajstić information content (AvgIpc) is 2.95. The van der Waals surface area contributed by atoms with E-state index in [1.54, 1.807) is 18.5 Å². The van der Waals surface area contributed by atoms with Gasteiger partial charge in [0, 0.05) is 32.0 Å². The molecule has 1 aliphatic rings. The van der Waals surface area contributed by atoms with Crippen molar-refractivity contribution in [1.82, 2.24) is 14.8 Å². The number of amides is 2. The summed E-state index contributed by atoms with van der Waals surface area (Å²) in [6.45, 7) is 9.17. The zero-order valence-electron chi connectivity index (χ0n) is 16.4. The van der Waals surface area contributed by atoms with Gasteiger partial charge in [0.2, 0.25) is 0 Å². The number of aryl methyl sites for hydroxylation is 1. The van der Waals surface area contributed by atoms with Crippen molar-refractivity contribution in [2.75, 3.05) is 19.6 Å². The number of carbonyl (C=O) groups is 2. The van der Waals surface area contributed by atoms with Crippen molar-refractivity contribution in [2.24, 2.45) is 0 Å². The highest BCUT2D eigenvalue weighted by Crippen LogP contribution is 2.31. The fourth-order valence-electron chi connectivity index (χ4n) is 3.37. The van der Waals surface area contributed by atoms with Crippen molar-refractivity contribution >= 4 is 17.4 Å². The van der Waals surface area contributed by atoms with E-state index in [0.29, 0.717) is 24.4 Å². The minimum atomic E-state index is -0.258. The van der Waals surface area contributed by atoms with Crippen LogP contribution in [0, 0.1) is 6.92 Å². The lowest BCUT2D eigenvalue weighted by Gasteiger charge is -2.24. The largest absolute Gasteiger partial charge is 0.366 e. The second-order valence-electron chi connectivity index (χ2n) is 6.78. The van der Waals surface area contributed by atoms with Gasteiger partial charge in [0.25, 0.3) is 11.8 Å². The summed E-state index contributed by atoms with van der Waals surface area (Å²) >= 11 is 0. The number of rotatable bonds is 8. The van der Waals surface area contributed by atoms with E-state index in [1.165, 1.54) is 4.90 Å². The standard InChI is InChI=1S/C23H25N3O2/c1-4-15-26-22(27)20(19-8-6-17(3)7-9-19)21(23(26)28)25(5-2)16-12-18-10-13-24-14-11-18/h4,6-11,13-14H,1,5,12,15-16H2,2-3H3. The van der Waals surface area contributed by atoms with E-state index >= 15 is 0 Å². The summed E-state index contributed by atoms with van der Waals surface area (Å²) < 4.78 is 0. The van der Waals surface area contributed by atoms with Crippen LogP contribution in [-0.4, -0.2) is 46.2 Å². The first-order valence-corrected chi connectivity index (χ1v) is 9.49. The Morgan fingerprint density at radius 2 is 1.75 bits per heavy atom. The Kier molecular flexibility index (Phi) is 6.04. The Bertz CT molecular complexity index is 901. The topological polar surface area (TPSA) is 53.5 Å². The van der Waals surface area contributed by atoms with Crippen LogP contribution in [0.15, 0.2) is 67.1 Å². The van der Waals surface area contributed by atoms with Crippen LogP contribution in [-0.2, 0) is 16.0 Å². The summed E-state index contributed by atoms with van der Waals surface area (Å²) in [6, 6.07) is 11.7. The number of nitrogens with zero attached hydrogens (tertiary/aromatic N) is 3. The van der Waals surface area contributed by atoms with E-state index in [4.69, 9.17) is 0 Å². The first kappa shape index (κ1) is 19.5. The monoisotopic (exact) mass is 375 g/mol. The van der Waals surface area contributed by atoms with Crippen molar-refractivity contribution in [1.29, 1.82) is 0 Å². The SMILES string of the molecule is C=CCN1C(=O)C(c2ccc(C)cc2)=C(N(CC)CCc2ccncc2)C1=O. The number of pyridine rings is 1. The highest BCUT2D eigenvalue weighted by Gasteiger charge is 2.40. The molecule has 1 aliphatic heterocycles. The zero-order valence-corrected chi connectivity index (χ0v) is 16.4. The Labute approximate surface area is 166 Å². The van der Waals surface area contributed by atoms with Crippen molar-refractivity contribution in [3.05, 3.63) is 83.8 Å². The van der Waals surface area contributed by atoms with Gasteiger partial charge in [-0.25, -0.2) is 0 Å². The molecule has 0 saturated heterocycles. The number of aromatic nitrogens is 1. The summed E-state index contributed by atoms with van der Waals surface area (Å²) in [5.74, 6) is -0.511. The molecule has 3 rings (SSSR count). The smallest absolute Gasteiger partial charge is 0.278 e. The maximum Gasteiger partial charge on any atom is 0.278 e. The fraction of sp³-hybridized carbons (Fsp3) is 0.261. The van der Waals surface area contributed by atoms with E-state index < -0.39 is 0 Å². The Morgan fingerprint density at radius 3 is 2.36 bits per heavy atom. The van der Waals surface area contributed by atoms with Gasteiger partial charge < -0.3 is 4.90 Å². The lowest BCUT2D eigenvalue weighted by Crippen LogP contribution is -2.36. The molecule has 1 aromatic carbocycles. The van der Waals surface area contributed by atoms with Crippen LogP contribution >= 0.6 is 0 Å². The normalized spacial score (nSPS) is 14.0. The van der Waals surface area contributed by atoms with Crippen LogP contribution in [0.2, 0.25) is 0 Å². The van der Waals surface area contributed by atoms with Crippen molar-refractivity contribution < 1.29 is 9.59 Å². The lowest BCUT2D eigenvalue weighted by atomic mass is 10.0. The third-order valence-corrected chi connectivity index (χ3v) is 4.91. The summed E-state index contributed by atoms with van der Waals surface area (Å²) in [6.07, 6.45) is 5.88. The maximum atomic E-state index is 13.1. The summed E-state index contributed by atoms with van der Waals surface area (Å²) in [5, 5.41) is 0. The lowest BCUT2D eigenvalue weighted by molar-refractivity contribution is -0.136. The van der Waals surface area contributed by atoms with E-state index in [9.17, 15) is 9.59 Å². The Morgan fingerprint density at radius 1 is 1.07 bits per heavy atom. The molecular formula is C23H25N3O2. The van der Waals surface area contributed by atoms with E-state index in [1.807, 2.05) is 55.1 Å². The van der Waals surface area contributed by atoms with Gasteiger partial charge in [0.1, 0.15) is 5.70 Å². The molecule has 0 saturated carbocycles. The van der Waals surface area contributed by atoms with Crippen LogP contribution in [0.4, 0.5) is 0 Å². The molecule has 0 spiro atoms. The molecular weight excluding hydrogens is 350 g/mol. The molecule has 2 heterocycles. The van der Waals surface area contributed by atoms with Crippen LogP contribution in [0.5, 0.6) is 0 Å². The first-order chi connectivity index (χ1) is 13.6. The molecule has 5 nitrogen and oxygen atoms in total. The first-order valence-electron chi connectivity index (χ1n) is 9.49. The summed E-state index contributed by atoms with van der Waals surface area (Å²) in [5.41, 5.74) is 3.98. The van der Waals surface area contributed by atoms with Gasteiger partial charge in [0.15, 0.2) is 0 Å². The molecule has 0 fully saturated rings. The van der Waals surface area contributed by atoms with Gasteiger partial charge >= 0.3 is 0 Å². The molecule has 2 aromatic rings. The number of hydrogen-bond acceptors (Lipinski definition) is 4. The third kappa shape index (κ3) is 3.88. The summed E-state index contributed by atoms with van der Waals surface area (Å²) in [7, 11) is 0. The molecule has 0 bridgehead atoms. The zero-order chi connectivity index (χ0) is 20.1. The Balaban J connectivity index is 1.99. The number of benzene rings is 1. The van der Waals surface area contributed by atoms with E-state index in [-0.39, 0.29) is 18.4 Å². The number of likely N-dealkylation sites (N-methyl/N-ethyl adjacent to an activating group) is 1. The molecule has 5 heteroatoms. The Hall–Kier alpha value is -3.21. The van der Waals surface area contributed by atoms with Gasteiger partial charge in [0.05, 0.1) is 5.57 Å². The minimum absolute atomic E-state index is 0.207. The predicted octanol–water partition coefficient (Wildman–Crippen LogP) is 3.22. The molecule has 2 amide bonds. The van der Waals surface area contributed by atoms with E-state index in [0.717, 1.165) is 23.1 Å². The number of carbonyl (C=O) groups excluding carboxylic acids is 2. The van der Waals surface area contributed by atoms with Crippen LogP contribution in [0.3, 0.4) is 0 Å². The van der Waals surface area contributed by atoms with Gasteiger partial charge in [-0.05, 0) is 43.5 Å². The molecule has 144 valence electrons. The molecule has 0 aliphatic carbocycles. The second kappa shape index (κ2) is 8.65.